The molecule has 0 spiro atoms. The molecule has 186 valence electrons. The second-order valence-corrected chi connectivity index (χ2v) is 9.52. The number of imide groups is 1. The summed E-state index contributed by atoms with van der Waals surface area (Å²) in [4.78, 5) is 26.8. The van der Waals surface area contributed by atoms with Gasteiger partial charge in [0.2, 0.25) is 0 Å². The third-order valence-electron chi connectivity index (χ3n) is 5.13. The maximum atomic E-state index is 13.0. The molecule has 1 aliphatic rings. The van der Waals surface area contributed by atoms with Gasteiger partial charge < -0.3 is 14.2 Å². The van der Waals surface area contributed by atoms with Crippen molar-refractivity contribution >= 4 is 44.9 Å². The molecule has 0 radical (unpaired) electrons. The third-order valence-corrected chi connectivity index (χ3v) is 6.62. The molecule has 0 N–H and O–H groups in total. The standard InChI is InChI=1S/C27H23BrFNO5S/c1-2-33-23-15-19(14-22(28)25(23)35-17-18-6-4-3-5-7-18)16-24-26(31)30(27(32)36-24)12-13-34-21-10-8-20(29)9-11-21/h3-11,14-16H,2,12-13,17H2,1H3/b24-16-. The van der Waals surface area contributed by atoms with Crippen LogP contribution in [-0.2, 0) is 11.4 Å². The van der Waals surface area contributed by atoms with Crippen LogP contribution in [0.5, 0.6) is 17.2 Å². The summed E-state index contributed by atoms with van der Waals surface area (Å²) >= 11 is 4.41. The van der Waals surface area contributed by atoms with Crippen molar-refractivity contribution < 1.29 is 28.2 Å². The van der Waals surface area contributed by atoms with Crippen molar-refractivity contribution in [3.8, 4) is 17.2 Å². The van der Waals surface area contributed by atoms with Gasteiger partial charge in [0.1, 0.15) is 24.8 Å². The van der Waals surface area contributed by atoms with Crippen molar-refractivity contribution in [3.63, 3.8) is 0 Å². The van der Waals surface area contributed by atoms with E-state index in [1.54, 1.807) is 12.1 Å². The van der Waals surface area contributed by atoms with E-state index in [2.05, 4.69) is 15.9 Å². The monoisotopic (exact) mass is 571 g/mol. The molecule has 1 heterocycles. The molecule has 0 unspecified atom stereocenters. The normalized spacial score (nSPS) is 14.4. The number of halogens is 2. The van der Waals surface area contributed by atoms with E-state index in [1.807, 2.05) is 43.3 Å². The lowest BCUT2D eigenvalue weighted by molar-refractivity contribution is -0.123. The fourth-order valence-electron chi connectivity index (χ4n) is 3.43. The maximum absolute atomic E-state index is 13.0. The average Bonchev–Trinajstić information content (AvgIpc) is 3.13. The highest BCUT2D eigenvalue weighted by Gasteiger charge is 2.35. The molecule has 3 aromatic rings. The van der Waals surface area contributed by atoms with E-state index < -0.39 is 5.91 Å². The Balaban J connectivity index is 1.45. The molecular weight excluding hydrogens is 549 g/mol. The smallest absolute Gasteiger partial charge is 0.293 e. The lowest BCUT2D eigenvalue weighted by Gasteiger charge is -2.15. The maximum Gasteiger partial charge on any atom is 0.293 e. The molecule has 1 aliphatic heterocycles. The fraction of sp³-hybridized carbons (Fsp3) is 0.185. The minimum absolute atomic E-state index is 0.0829. The van der Waals surface area contributed by atoms with E-state index in [9.17, 15) is 14.0 Å². The molecular formula is C27H23BrFNO5S. The molecule has 2 amide bonds. The number of thioether (sulfide) groups is 1. The zero-order valence-electron chi connectivity index (χ0n) is 19.4. The van der Waals surface area contributed by atoms with Crippen LogP contribution in [0.3, 0.4) is 0 Å². The van der Waals surface area contributed by atoms with Crippen LogP contribution in [0.15, 0.2) is 76.1 Å². The van der Waals surface area contributed by atoms with Gasteiger partial charge in [0.15, 0.2) is 11.5 Å². The highest BCUT2D eigenvalue weighted by atomic mass is 79.9. The van der Waals surface area contributed by atoms with Gasteiger partial charge in [0, 0.05) is 0 Å². The number of hydrogen-bond acceptors (Lipinski definition) is 6. The lowest BCUT2D eigenvalue weighted by atomic mass is 10.1. The van der Waals surface area contributed by atoms with Crippen molar-refractivity contribution in [1.29, 1.82) is 0 Å². The van der Waals surface area contributed by atoms with Gasteiger partial charge in [-0.25, -0.2) is 4.39 Å². The van der Waals surface area contributed by atoms with Crippen LogP contribution in [0.4, 0.5) is 9.18 Å². The molecule has 6 nitrogen and oxygen atoms in total. The predicted molar refractivity (Wildman–Crippen MR) is 141 cm³/mol. The number of benzene rings is 3. The van der Waals surface area contributed by atoms with Gasteiger partial charge in [-0.05, 0) is 88.2 Å². The lowest BCUT2D eigenvalue weighted by Crippen LogP contribution is -2.32. The first-order valence-corrected chi connectivity index (χ1v) is 12.8. The number of rotatable bonds is 10. The second-order valence-electron chi connectivity index (χ2n) is 7.67. The topological polar surface area (TPSA) is 65.1 Å². The molecule has 3 aromatic carbocycles. The first-order chi connectivity index (χ1) is 17.4. The van der Waals surface area contributed by atoms with Crippen molar-refractivity contribution in [2.24, 2.45) is 0 Å². The van der Waals surface area contributed by atoms with Crippen LogP contribution < -0.4 is 14.2 Å². The Morgan fingerprint density at radius 2 is 1.75 bits per heavy atom. The van der Waals surface area contributed by atoms with Gasteiger partial charge in [0.25, 0.3) is 11.1 Å². The molecule has 9 heteroatoms. The summed E-state index contributed by atoms with van der Waals surface area (Å²) in [5.74, 6) is 0.784. The first kappa shape index (κ1) is 25.8. The van der Waals surface area contributed by atoms with Gasteiger partial charge in [0.05, 0.1) is 22.5 Å². The number of amides is 2. The Morgan fingerprint density at radius 1 is 1.00 bits per heavy atom. The van der Waals surface area contributed by atoms with E-state index in [0.717, 1.165) is 22.2 Å². The minimum Gasteiger partial charge on any atom is -0.492 e. The predicted octanol–water partition coefficient (Wildman–Crippen LogP) is 6.68. The highest BCUT2D eigenvalue weighted by molar-refractivity contribution is 9.10. The molecule has 1 fully saturated rings. The molecule has 0 bridgehead atoms. The summed E-state index contributed by atoms with van der Waals surface area (Å²) < 4.78 is 31.0. The van der Waals surface area contributed by atoms with Gasteiger partial charge in [-0.1, -0.05) is 30.3 Å². The SMILES string of the molecule is CCOc1cc(/C=C2\SC(=O)N(CCOc3ccc(F)cc3)C2=O)cc(Br)c1OCc1ccccc1. The summed E-state index contributed by atoms with van der Waals surface area (Å²) in [6, 6.07) is 18.9. The van der Waals surface area contributed by atoms with E-state index >= 15 is 0 Å². The largest absolute Gasteiger partial charge is 0.492 e. The Bertz CT molecular complexity index is 1270. The molecule has 1 saturated heterocycles. The highest BCUT2D eigenvalue weighted by Crippen LogP contribution is 2.39. The molecule has 0 saturated carbocycles. The summed E-state index contributed by atoms with van der Waals surface area (Å²) in [5.41, 5.74) is 1.71. The van der Waals surface area contributed by atoms with E-state index in [0.29, 0.717) is 45.4 Å². The molecule has 4 rings (SSSR count). The Labute approximate surface area is 221 Å². The summed E-state index contributed by atoms with van der Waals surface area (Å²) in [7, 11) is 0. The Morgan fingerprint density at radius 3 is 2.47 bits per heavy atom. The summed E-state index contributed by atoms with van der Waals surface area (Å²) in [6.07, 6.45) is 1.65. The Hall–Kier alpha value is -3.30. The van der Waals surface area contributed by atoms with Crippen molar-refractivity contribution in [1.82, 2.24) is 4.90 Å². The Kier molecular flexibility index (Phi) is 8.66. The molecule has 0 aromatic heterocycles. The van der Waals surface area contributed by atoms with E-state index in [1.165, 1.54) is 24.3 Å². The van der Waals surface area contributed by atoms with Crippen LogP contribution in [0, 0.1) is 5.82 Å². The first-order valence-electron chi connectivity index (χ1n) is 11.2. The molecule has 36 heavy (non-hydrogen) atoms. The van der Waals surface area contributed by atoms with Crippen molar-refractivity contribution in [3.05, 3.63) is 93.1 Å². The number of carbonyl (C=O) groups is 2. The number of ether oxygens (including phenoxy) is 3. The van der Waals surface area contributed by atoms with Gasteiger partial charge in [-0.2, -0.15) is 0 Å². The van der Waals surface area contributed by atoms with Gasteiger partial charge >= 0.3 is 0 Å². The summed E-state index contributed by atoms with van der Waals surface area (Å²) in [6.45, 7) is 2.87. The van der Waals surface area contributed by atoms with E-state index in [-0.39, 0.29) is 24.2 Å². The molecule has 0 atom stereocenters. The average molecular weight is 572 g/mol. The fourth-order valence-corrected chi connectivity index (χ4v) is 4.87. The third kappa shape index (κ3) is 6.47. The zero-order valence-corrected chi connectivity index (χ0v) is 21.8. The van der Waals surface area contributed by atoms with Crippen molar-refractivity contribution in [2.75, 3.05) is 19.8 Å². The zero-order chi connectivity index (χ0) is 25.5. The molecule has 0 aliphatic carbocycles. The van der Waals surface area contributed by atoms with Gasteiger partial charge in [-0.3, -0.25) is 14.5 Å². The van der Waals surface area contributed by atoms with Crippen LogP contribution >= 0.6 is 27.7 Å². The minimum atomic E-state index is -0.397. The van der Waals surface area contributed by atoms with Gasteiger partial charge in [-0.15, -0.1) is 0 Å². The number of hydrogen-bond donors (Lipinski definition) is 0. The van der Waals surface area contributed by atoms with Crippen LogP contribution in [0.2, 0.25) is 0 Å². The second kappa shape index (κ2) is 12.1. The number of nitrogens with zero attached hydrogens (tertiary/aromatic N) is 1. The summed E-state index contributed by atoms with van der Waals surface area (Å²) in [5, 5.41) is -0.374. The van der Waals surface area contributed by atoms with Crippen LogP contribution in [-0.4, -0.2) is 35.8 Å². The van der Waals surface area contributed by atoms with Crippen LogP contribution in [0.25, 0.3) is 6.08 Å². The number of carbonyl (C=O) groups excluding carboxylic acids is 2. The van der Waals surface area contributed by atoms with E-state index in [4.69, 9.17) is 14.2 Å². The van der Waals surface area contributed by atoms with Crippen LogP contribution in [0.1, 0.15) is 18.1 Å². The van der Waals surface area contributed by atoms with Crippen molar-refractivity contribution in [2.45, 2.75) is 13.5 Å². The quantitative estimate of drug-likeness (QED) is 0.253.